The lowest BCUT2D eigenvalue weighted by Crippen LogP contribution is -2.31. The van der Waals surface area contributed by atoms with Crippen molar-refractivity contribution in [2.45, 2.75) is 20.8 Å². The predicted octanol–water partition coefficient (Wildman–Crippen LogP) is 0.361. The summed E-state index contributed by atoms with van der Waals surface area (Å²) < 4.78 is 29.6. The Morgan fingerprint density at radius 3 is 2.24 bits per heavy atom. The minimum Gasteiger partial charge on any atom is -0.378 e. The number of allylic oxidation sites excluding steroid dienone is 2. The summed E-state index contributed by atoms with van der Waals surface area (Å²) in [5, 5.41) is 2.27. The fraction of sp³-hybridized carbons (Fsp3) is 0.538. The third-order valence-corrected chi connectivity index (χ3v) is 3.36. The van der Waals surface area contributed by atoms with Crippen LogP contribution in [-0.2, 0) is 19.7 Å². The number of hydrogen-bond donors (Lipinski definition) is 2. The van der Waals surface area contributed by atoms with Crippen LogP contribution in [0.2, 0.25) is 0 Å². The zero-order chi connectivity index (χ0) is 16.5. The van der Waals surface area contributed by atoms with E-state index in [1.54, 1.807) is 12.3 Å². The smallest absolute Gasteiger partial charge is 0.266 e. The molecule has 0 unspecified atom stereocenters. The van der Waals surface area contributed by atoms with E-state index >= 15 is 0 Å². The minimum atomic E-state index is -4.14. The van der Waals surface area contributed by atoms with Gasteiger partial charge in [0.05, 0.1) is 11.3 Å². The van der Waals surface area contributed by atoms with Gasteiger partial charge in [0, 0.05) is 19.6 Å². The molecule has 0 saturated heterocycles. The summed E-state index contributed by atoms with van der Waals surface area (Å²) in [6.45, 7) is 6.55. The number of nitrogens with one attached hydrogen (secondary N) is 1. The van der Waals surface area contributed by atoms with Gasteiger partial charge in [0.25, 0.3) is 16.0 Å². The Bertz CT molecular complexity index is 519. The molecule has 0 saturated carbocycles. The van der Waals surface area contributed by atoms with E-state index in [0.717, 1.165) is 13.1 Å². The van der Waals surface area contributed by atoms with Crippen molar-refractivity contribution in [1.29, 1.82) is 0 Å². The average Bonchev–Trinajstić information content (AvgIpc) is 2.36. The van der Waals surface area contributed by atoms with Crippen LogP contribution in [0, 0.1) is 0 Å². The molecular weight excluding hydrogens is 296 g/mol. The highest BCUT2D eigenvalue weighted by atomic mass is 32.2. The Balaban J connectivity index is 4.74. The van der Waals surface area contributed by atoms with E-state index in [1.165, 1.54) is 13.0 Å². The molecule has 0 heterocycles. The van der Waals surface area contributed by atoms with Crippen LogP contribution in [0.15, 0.2) is 23.9 Å². The molecular formula is C13H22N2O5S. The second-order valence-corrected chi connectivity index (χ2v) is 5.81. The molecule has 0 spiro atoms. The fourth-order valence-electron chi connectivity index (χ4n) is 1.44. The Labute approximate surface area is 125 Å². The second-order valence-electron chi connectivity index (χ2n) is 4.24. The normalized spacial score (nSPS) is 12.5. The fourth-order valence-corrected chi connectivity index (χ4v) is 1.80. The highest BCUT2D eigenvalue weighted by Gasteiger charge is 2.14. The molecule has 0 aromatic heterocycles. The molecule has 7 nitrogen and oxygen atoms in total. The van der Waals surface area contributed by atoms with Crippen LogP contribution < -0.4 is 5.32 Å². The van der Waals surface area contributed by atoms with E-state index < -0.39 is 27.6 Å². The molecule has 0 rings (SSSR count). The molecule has 120 valence electrons. The van der Waals surface area contributed by atoms with Crippen LogP contribution >= 0.6 is 0 Å². The molecule has 0 aromatic carbocycles. The molecule has 1 amide bonds. The summed E-state index contributed by atoms with van der Waals surface area (Å²) in [5.74, 6) is -1.70. The average molecular weight is 318 g/mol. The topological polar surface area (TPSA) is 104 Å². The SMILES string of the molecule is CCN(C=CC=C(C(C)=O)C(=O)NCCS(=O)(=O)O)CC. The van der Waals surface area contributed by atoms with Crippen molar-refractivity contribution in [3.8, 4) is 0 Å². The molecule has 2 N–H and O–H groups in total. The maximum absolute atomic E-state index is 11.8. The molecule has 0 fully saturated rings. The first-order valence-corrected chi connectivity index (χ1v) is 8.19. The van der Waals surface area contributed by atoms with Crippen LogP contribution in [0.3, 0.4) is 0 Å². The number of carbonyl (C=O) groups is 2. The van der Waals surface area contributed by atoms with Crippen molar-refractivity contribution in [1.82, 2.24) is 10.2 Å². The first kappa shape index (κ1) is 19.3. The molecule has 21 heavy (non-hydrogen) atoms. The Hall–Kier alpha value is -1.67. The number of rotatable bonds is 9. The molecule has 0 atom stereocenters. The zero-order valence-electron chi connectivity index (χ0n) is 12.5. The van der Waals surface area contributed by atoms with Gasteiger partial charge in [-0.05, 0) is 39.1 Å². The maximum atomic E-state index is 11.8. The molecule has 0 aliphatic rings. The first-order valence-electron chi connectivity index (χ1n) is 6.58. The lowest BCUT2D eigenvalue weighted by molar-refractivity contribution is -0.121. The van der Waals surface area contributed by atoms with Gasteiger partial charge in [0.15, 0.2) is 5.78 Å². The van der Waals surface area contributed by atoms with Crippen molar-refractivity contribution < 1.29 is 22.6 Å². The number of Topliss-reactive ketones (excluding diaryl/α,β-unsaturated/α-hetero) is 1. The minimum absolute atomic E-state index is 0.0752. The molecule has 0 bridgehead atoms. The van der Waals surface area contributed by atoms with Crippen molar-refractivity contribution >= 4 is 21.8 Å². The highest BCUT2D eigenvalue weighted by Crippen LogP contribution is 1.99. The summed E-state index contributed by atoms with van der Waals surface area (Å²) in [5.41, 5.74) is -0.0752. The quantitative estimate of drug-likeness (QED) is 0.209. The lowest BCUT2D eigenvalue weighted by Gasteiger charge is -2.14. The van der Waals surface area contributed by atoms with E-state index in [4.69, 9.17) is 4.55 Å². The van der Waals surface area contributed by atoms with E-state index in [-0.39, 0.29) is 12.1 Å². The van der Waals surface area contributed by atoms with E-state index in [0.29, 0.717) is 0 Å². The van der Waals surface area contributed by atoms with Crippen molar-refractivity contribution in [3.63, 3.8) is 0 Å². The summed E-state index contributed by atoms with van der Waals surface area (Å²) in [7, 11) is -4.14. The monoisotopic (exact) mass is 318 g/mol. The lowest BCUT2D eigenvalue weighted by atomic mass is 10.1. The van der Waals surface area contributed by atoms with Gasteiger partial charge >= 0.3 is 0 Å². The molecule has 0 aliphatic heterocycles. The third-order valence-electron chi connectivity index (χ3n) is 2.64. The Morgan fingerprint density at radius 2 is 1.81 bits per heavy atom. The van der Waals surface area contributed by atoms with Crippen molar-refractivity contribution in [2.75, 3.05) is 25.4 Å². The van der Waals surface area contributed by atoms with Gasteiger partial charge in [-0.2, -0.15) is 8.42 Å². The van der Waals surface area contributed by atoms with Crippen LogP contribution in [0.1, 0.15) is 20.8 Å². The Morgan fingerprint density at radius 1 is 1.24 bits per heavy atom. The standard InChI is InChI=1S/C13H22N2O5S/c1-4-15(5-2)9-6-7-12(11(3)16)13(17)14-8-10-21(18,19)20/h6-7,9H,4-5,8,10H2,1-3H3,(H,14,17)(H,18,19,20). The summed E-state index contributed by atoms with van der Waals surface area (Å²) in [6, 6.07) is 0. The number of carbonyl (C=O) groups excluding carboxylic acids is 2. The molecule has 0 radical (unpaired) electrons. The number of hydrogen-bond acceptors (Lipinski definition) is 5. The number of nitrogens with zero attached hydrogens (tertiary/aromatic N) is 1. The van der Waals surface area contributed by atoms with Gasteiger partial charge in [-0.3, -0.25) is 14.1 Å². The molecule has 0 aliphatic carbocycles. The zero-order valence-corrected chi connectivity index (χ0v) is 13.3. The Kier molecular flexibility index (Phi) is 8.56. The third kappa shape index (κ3) is 8.98. The molecule has 0 aromatic rings. The van der Waals surface area contributed by atoms with Crippen molar-refractivity contribution in [2.24, 2.45) is 0 Å². The first-order chi connectivity index (χ1) is 9.71. The largest absolute Gasteiger partial charge is 0.378 e. The van der Waals surface area contributed by atoms with Crippen molar-refractivity contribution in [3.05, 3.63) is 23.9 Å². The van der Waals surface area contributed by atoms with Gasteiger partial charge in [0.1, 0.15) is 0 Å². The van der Waals surface area contributed by atoms with Gasteiger partial charge < -0.3 is 10.2 Å². The van der Waals surface area contributed by atoms with Crippen LogP contribution in [0.5, 0.6) is 0 Å². The van der Waals surface area contributed by atoms with Gasteiger partial charge in [-0.1, -0.05) is 0 Å². The predicted molar refractivity (Wildman–Crippen MR) is 80.3 cm³/mol. The van der Waals surface area contributed by atoms with Gasteiger partial charge in [-0.25, -0.2) is 0 Å². The van der Waals surface area contributed by atoms with Crippen LogP contribution in [0.4, 0.5) is 0 Å². The van der Waals surface area contributed by atoms with Crippen LogP contribution in [0.25, 0.3) is 0 Å². The summed E-state index contributed by atoms with van der Waals surface area (Å²) in [6.07, 6.45) is 4.73. The number of amides is 1. The summed E-state index contributed by atoms with van der Waals surface area (Å²) >= 11 is 0. The summed E-state index contributed by atoms with van der Waals surface area (Å²) in [4.78, 5) is 25.2. The van der Waals surface area contributed by atoms with E-state index in [2.05, 4.69) is 5.32 Å². The maximum Gasteiger partial charge on any atom is 0.266 e. The van der Waals surface area contributed by atoms with Crippen LogP contribution in [-0.4, -0.2) is 54.9 Å². The van der Waals surface area contributed by atoms with Gasteiger partial charge in [-0.15, -0.1) is 0 Å². The van der Waals surface area contributed by atoms with Gasteiger partial charge in [0.2, 0.25) is 0 Å². The van der Waals surface area contributed by atoms with E-state index in [9.17, 15) is 18.0 Å². The highest BCUT2D eigenvalue weighted by molar-refractivity contribution is 7.85. The second kappa shape index (κ2) is 9.30. The molecule has 8 heteroatoms. The van der Waals surface area contributed by atoms with E-state index in [1.807, 2.05) is 18.7 Å². The number of ketones is 1.